The van der Waals surface area contributed by atoms with Crippen molar-refractivity contribution in [1.82, 2.24) is 4.90 Å². The third-order valence-electron chi connectivity index (χ3n) is 4.33. The molecule has 0 saturated heterocycles. The van der Waals surface area contributed by atoms with Gasteiger partial charge in [-0.3, -0.25) is 4.79 Å². The standard InChI is InChI=1S/C18H19NO3S/c1-12(9-15-7-4-8-23-15)17(20)19-11-14-6-3-2-5-13(14)10-16(19)18(21)22/h2-8,12,16H,9-11H2,1H3,(H,21,22)/t12-,16-/m0/s1. The maximum atomic E-state index is 12.8. The van der Waals surface area contributed by atoms with E-state index in [0.29, 0.717) is 19.4 Å². The number of amides is 1. The number of carboxylic acid groups (broad SMARTS) is 1. The maximum absolute atomic E-state index is 12.8. The summed E-state index contributed by atoms with van der Waals surface area (Å²) in [4.78, 5) is 27.1. The molecule has 2 aromatic rings. The second-order valence-corrected chi connectivity index (χ2v) is 7.01. The van der Waals surface area contributed by atoms with Crippen LogP contribution >= 0.6 is 11.3 Å². The van der Waals surface area contributed by atoms with Gasteiger partial charge >= 0.3 is 5.97 Å². The van der Waals surface area contributed by atoms with Crippen LogP contribution in [-0.4, -0.2) is 27.9 Å². The molecule has 5 heteroatoms. The normalized spacial score (nSPS) is 18.3. The molecule has 23 heavy (non-hydrogen) atoms. The molecule has 1 amide bonds. The zero-order chi connectivity index (χ0) is 16.4. The summed E-state index contributed by atoms with van der Waals surface area (Å²) in [7, 11) is 0. The highest BCUT2D eigenvalue weighted by Crippen LogP contribution is 2.26. The minimum absolute atomic E-state index is 0.0831. The predicted octanol–water partition coefficient (Wildman–Crippen LogP) is 2.96. The van der Waals surface area contributed by atoms with Crippen LogP contribution in [0.3, 0.4) is 0 Å². The summed E-state index contributed by atoms with van der Waals surface area (Å²) in [5, 5.41) is 11.5. The van der Waals surface area contributed by atoms with E-state index in [1.807, 2.05) is 48.7 Å². The van der Waals surface area contributed by atoms with Crippen LogP contribution in [-0.2, 0) is 29.0 Å². The van der Waals surface area contributed by atoms with E-state index in [1.54, 1.807) is 11.3 Å². The number of carboxylic acids is 1. The topological polar surface area (TPSA) is 57.6 Å². The van der Waals surface area contributed by atoms with Gasteiger partial charge in [-0.15, -0.1) is 11.3 Å². The number of carbonyl (C=O) groups is 2. The molecule has 2 heterocycles. The summed E-state index contributed by atoms with van der Waals surface area (Å²) >= 11 is 1.62. The summed E-state index contributed by atoms with van der Waals surface area (Å²) in [6.45, 7) is 2.25. The number of carbonyl (C=O) groups excluding carboxylic acids is 1. The first kappa shape index (κ1) is 15.7. The SMILES string of the molecule is C[C@@H](Cc1cccs1)C(=O)N1Cc2ccccc2C[C@H]1C(=O)O. The number of aliphatic carboxylic acids is 1. The molecule has 1 aliphatic rings. The number of fused-ring (bicyclic) bond motifs is 1. The summed E-state index contributed by atoms with van der Waals surface area (Å²) < 4.78 is 0. The van der Waals surface area contributed by atoms with Gasteiger partial charge in [-0.1, -0.05) is 37.3 Å². The van der Waals surface area contributed by atoms with E-state index >= 15 is 0 Å². The van der Waals surface area contributed by atoms with Gasteiger partial charge in [-0.25, -0.2) is 4.79 Å². The second-order valence-electron chi connectivity index (χ2n) is 5.98. The Morgan fingerprint density at radius 2 is 2.00 bits per heavy atom. The molecular formula is C18H19NO3S. The lowest BCUT2D eigenvalue weighted by molar-refractivity contribution is -0.153. The fourth-order valence-electron chi connectivity index (χ4n) is 3.08. The Hall–Kier alpha value is -2.14. The molecule has 4 nitrogen and oxygen atoms in total. The Morgan fingerprint density at radius 3 is 2.65 bits per heavy atom. The number of nitrogens with zero attached hydrogens (tertiary/aromatic N) is 1. The van der Waals surface area contributed by atoms with Crippen molar-refractivity contribution in [3.8, 4) is 0 Å². The third-order valence-corrected chi connectivity index (χ3v) is 5.22. The van der Waals surface area contributed by atoms with Gasteiger partial charge < -0.3 is 10.0 Å². The van der Waals surface area contributed by atoms with E-state index in [1.165, 1.54) is 4.90 Å². The van der Waals surface area contributed by atoms with Crippen LogP contribution in [0.1, 0.15) is 22.9 Å². The molecule has 0 fully saturated rings. The van der Waals surface area contributed by atoms with E-state index in [9.17, 15) is 14.7 Å². The van der Waals surface area contributed by atoms with Crippen LogP contribution in [0.5, 0.6) is 0 Å². The highest BCUT2D eigenvalue weighted by Gasteiger charge is 2.36. The molecule has 1 aliphatic heterocycles. The van der Waals surface area contributed by atoms with Crippen LogP contribution in [0.4, 0.5) is 0 Å². The largest absolute Gasteiger partial charge is 0.480 e. The number of thiophene rings is 1. The van der Waals surface area contributed by atoms with Crippen molar-refractivity contribution in [2.45, 2.75) is 32.4 Å². The Kier molecular flexibility index (Phi) is 4.48. The van der Waals surface area contributed by atoms with Gasteiger partial charge in [0.25, 0.3) is 0 Å². The Balaban J connectivity index is 1.81. The van der Waals surface area contributed by atoms with E-state index in [2.05, 4.69) is 0 Å². The molecule has 120 valence electrons. The summed E-state index contributed by atoms with van der Waals surface area (Å²) in [5.74, 6) is -1.24. The van der Waals surface area contributed by atoms with E-state index in [0.717, 1.165) is 16.0 Å². The third kappa shape index (κ3) is 3.29. The van der Waals surface area contributed by atoms with Crippen LogP contribution in [0.2, 0.25) is 0 Å². The van der Waals surface area contributed by atoms with Gasteiger partial charge in [0.2, 0.25) is 5.91 Å². The van der Waals surface area contributed by atoms with Crippen molar-refractivity contribution < 1.29 is 14.7 Å². The number of benzene rings is 1. The average molecular weight is 329 g/mol. The van der Waals surface area contributed by atoms with Crippen molar-refractivity contribution in [3.63, 3.8) is 0 Å². The van der Waals surface area contributed by atoms with Crippen molar-refractivity contribution in [2.24, 2.45) is 5.92 Å². The molecule has 0 bridgehead atoms. The molecule has 0 spiro atoms. The van der Waals surface area contributed by atoms with E-state index in [-0.39, 0.29) is 11.8 Å². The zero-order valence-electron chi connectivity index (χ0n) is 12.9. The minimum Gasteiger partial charge on any atom is -0.480 e. The Labute approximate surface area is 139 Å². The number of hydrogen-bond donors (Lipinski definition) is 1. The molecular weight excluding hydrogens is 310 g/mol. The zero-order valence-corrected chi connectivity index (χ0v) is 13.8. The van der Waals surface area contributed by atoms with Crippen molar-refractivity contribution in [2.75, 3.05) is 0 Å². The lowest BCUT2D eigenvalue weighted by atomic mass is 9.92. The molecule has 1 aromatic carbocycles. The van der Waals surface area contributed by atoms with E-state index in [4.69, 9.17) is 0 Å². The van der Waals surface area contributed by atoms with Crippen molar-refractivity contribution in [3.05, 3.63) is 57.8 Å². The molecule has 0 saturated carbocycles. The molecule has 1 aromatic heterocycles. The molecule has 0 radical (unpaired) electrons. The highest BCUT2D eigenvalue weighted by atomic mass is 32.1. The van der Waals surface area contributed by atoms with Crippen LogP contribution in [0.15, 0.2) is 41.8 Å². The molecule has 0 aliphatic carbocycles. The first-order chi connectivity index (χ1) is 11.1. The lowest BCUT2D eigenvalue weighted by Gasteiger charge is -2.36. The summed E-state index contributed by atoms with van der Waals surface area (Å²) in [6.07, 6.45) is 1.03. The molecule has 2 atom stereocenters. The van der Waals surface area contributed by atoms with E-state index < -0.39 is 12.0 Å². The van der Waals surface area contributed by atoms with Gasteiger partial charge in [-0.2, -0.15) is 0 Å². The lowest BCUT2D eigenvalue weighted by Crippen LogP contribution is -2.50. The molecule has 0 unspecified atom stereocenters. The first-order valence-electron chi connectivity index (χ1n) is 7.68. The molecule has 3 rings (SSSR count). The number of rotatable bonds is 4. The smallest absolute Gasteiger partial charge is 0.326 e. The van der Waals surface area contributed by atoms with Gasteiger partial charge in [-0.05, 0) is 29.0 Å². The van der Waals surface area contributed by atoms with Gasteiger partial charge in [0.1, 0.15) is 6.04 Å². The monoisotopic (exact) mass is 329 g/mol. The minimum atomic E-state index is -0.934. The predicted molar refractivity (Wildman–Crippen MR) is 89.3 cm³/mol. The average Bonchev–Trinajstić information content (AvgIpc) is 3.05. The second kappa shape index (κ2) is 6.54. The Bertz CT molecular complexity index is 711. The number of hydrogen-bond acceptors (Lipinski definition) is 3. The fraction of sp³-hybridized carbons (Fsp3) is 0.333. The highest BCUT2D eigenvalue weighted by molar-refractivity contribution is 7.09. The quantitative estimate of drug-likeness (QED) is 0.938. The van der Waals surface area contributed by atoms with Gasteiger partial charge in [0.05, 0.1) is 0 Å². The van der Waals surface area contributed by atoms with Crippen molar-refractivity contribution >= 4 is 23.2 Å². The fourth-order valence-corrected chi connectivity index (χ4v) is 3.91. The van der Waals surface area contributed by atoms with Gasteiger partial charge in [0.15, 0.2) is 0 Å². The maximum Gasteiger partial charge on any atom is 0.326 e. The first-order valence-corrected chi connectivity index (χ1v) is 8.56. The van der Waals surface area contributed by atoms with Crippen LogP contribution < -0.4 is 0 Å². The van der Waals surface area contributed by atoms with Gasteiger partial charge in [0, 0.05) is 23.8 Å². The van der Waals surface area contributed by atoms with Crippen LogP contribution in [0.25, 0.3) is 0 Å². The Morgan fingerprint density at radius 1 is 1.26 bits per heavy atom. The van der Waals surface area contributed by atoms with Crippen LogP contribution in [0, 0.1) is 5.92 Å². The summed E-state index contributed by atoms with van der Waals surface area (Å²) in [5.41, 5.74) is 2.07. The summed E-state index contributed by atoms with van der Waals surface area (Å²) in [6, 6.07) is 11.0. The molecule has 1 N–H and O–H groups in total. The van der Waals surface area contributed by atoms with Crippen molar-refractivity contribution in [1.29, 1.82) is 0 Å².